The molecule has 0 aliphatic carbocycles. The summed E-state index contributed by atoms with van der Waals surface area (Å²) in [5.41, 5.74) is 0. The number of hydrogen-bond acceptors (Lipinski definition) is 4. The summed E-state index contributed by atoms with van der Waals surface area (Å²) in [6, 6.07) is -0.190. The second kappa shape index (κ2) is 3.66. The van der Waals surface area contributed by atoms with Gasteiger partial charge in [0.2, 0.25) is 15.0 Å². The van der Waals surface area contributed by atoms with Gasteiger partial charge in [-0.1, -0.05) is 0 Å². The van der Waals surface area contributed by atoms with Crippen LogP contribution in [0, 0.1) is 10.8 Å². The van der Waals surface area contributed by atoms with Gasteiger partial charge in [0.25, 0.3) is 0 Å². The minimum absolute atomic E-state index is 0.190. The summed E-state index contributed by atoms with van der Waals surface area (Å²) >= 11 is 0. The van der Waals surface area contributed by atoms with Crippen molar-refractivity contribution in [1.29, 1.82) is 10.8 Å². The summed E-state index contributed by atoms with van der Waals surface area (Å²) in [4.78, 5) is 1.08. The second-order valence-electron chi connectivity index (χ2n) is 2.71. The van der Waals surface area contributed by atoms with Crippen LogP contribution >= 0.6 is 0 Å². The van der Waals surface area contributed by atoms with Gasteiger partial charge in [-0.05, 0) is 13.8 Å². The van der Waals surface area contributed by atoms with Crippen molar-refractivity contribution >= 4 is 21.3 Å². The first-order chi connectivity index (χ1) is 5.30. The summed E-state index contributed by atoms with van der Waals surface area (Å²) < 4.78 is 21.7. The van der Waals surface area contributed by atoms with Gasteiger partial charge in [-0.3, -0.25) is 10.8 Å². The lowest BCUT2D eigenvalue weighted by Crippen LogP contribution is -2.39. The Labute approximate surface area is 72.3 Å². The van der Waals surface area contributed by atoms with Crippen molar-refractivity contribution in [2.75, 3.05) is 6.26 Å². The molecule has 0 aromatic rings. The molecule has 0 amide bonds. The van der Waals surface area contributed by atoms with Crippen LogP contribution in [0.15, 0.2) is 0 Å². The van der Waals surface area contributed by atoms with Crippen LogP contribution in [0.25, 0.3) is 0 Å². The topological polar surface area (TPSA) is 85.1 Å². The molecule has 0 fully saturated rings. The number of amidine groups is 1. The highest BCUT2D eigenvalue weighted by atomic mass is 32.2. The van der Waals surface area contributed by atoms with Crippen LogP contribution in [0.2, 0.25) is 0 Å². The van der Waals surface area contributed by atoms with Crippen LogP contribution in [-0.4, -0.2) is 37.1 Å². The van der Waals surface area contributed by atoms with Gasteiger partial charge in [0.05, 0.1) is 6.34 Å². The zero-order chi connectivity index (χ0) is 9.94. The van der Waals surface area contributed by atoms with Crippen LogP contribution in [0.4, 0.5) is 0 Å². The van der Waals surface area contributed by atoms with Gasteiger partial charge >= 0.3 is 0 Å². The quantitative estimate of drug-likeness (QED) is 0.485. The summed E-state index contributed by atoms with van der Waals surface area (Å²) in [6.07, 6.45) is 1.79. The molecule has 70 valence electrons. The SMILES string of the molecule is CC(C)N(C=N)C(=N)S(C)(=O)=O. The van der Waals surface area contributed by atoms with Gasteiger partial charge in [-0.25, -0.2) is 8.42 Å². The van der Waals surface area contributed by atoms with Gasteiger partial charge in [0.1, 0.15) is 0 Å². The Bertz CT molecular complexity index is 281. The Morgan fingerprint density at radius 2 is 1.92 bits per heavy atom. The number of hydrogen-bond donors (Lipinski definition) is 2. The fraction of sp³-hybridized carbons (Fsp3) is 0.667. The van der Waals surface area contributed by atoms with E-state index in [-0.39, 0.29) is 6.04 Å². The van der Waals surface area contributed by atoms with Gasteiger partial charge in [-0.15, -0.1) is 0 Å². The lowest BCUT2D eigenvalue weighted by atomic mass is 10.4. The fourth-order valence-electron chi connectivity index (χ4n) is 0.634. The summed E-state index contributed by atoms with van der Waals surface area (Å²) in [7, 11) is -3.50. The first kappa shape index (κ1) is 11.1. The number of sulfone groups is 1. The summed E-state index contributed by atoms with van der Waals surface area (Å²) in [6.45, 7) is 3.43. The number of rotatable bonds is 2. The first-order valence-corrected chi connectivity index (χ1v) is 5.27. The van der Waals surface area contributed by atoms with Crippen LogP contribution in [0.3, 0.4) is 0 Å². The molecule has 6 heteroatoms. The predicted molar refractivity (Wildman–Crippen MR) is 48.3 cm³/mol. The van der Waals surface area contributed by atoms with E-state index in [4.69, 9.17) is 10.8 Å². The highest BCUT2D eigenvalue weighted by molar-refractivity contribution is 8.05. The average molecular weight is 191 g/mol. The van der Waals surface area contributed by atoms with Crippen molar-refractivity contribution in [3.8, 4) is 0 Å². The fourth-order valence-corrected chi connectivity index (χ4v) is 1.28. The lowest BCUT2D eigenvalue weighted by molar-refractivity contribution is 0.509. The van der Waals surface area contributed by atoms with Crippen molar-refractivity contribution in [2.24, 2.45) is 0 Å². The van der Waals surface area contributed by atoms with E-state index in [1.165, 1.54) is 0 Å². The van der Waals surface area contributed by atoms with E-state index >= 15 is 0 Å². The van der Waals surface area contributed by atoms with E-state index in [0.717, 1.165) is 17.5 Å². The first-order valence-electron chi connectivity index (χ1n) is 3.38. The third kappa shape index (κ3) is 2.61. The maximum Gasteiger partial charge on any atom is 0.221 e. The Hall–Kier alpha value is -0.910. The molecule has 0 saturated heterocycles. The largest absolute Gasteiger partial charge is 0.306 e. The molecule has 0 bridgehead atoms. The van der Waals surface area contributed by atoms with Gasteiger partial charge in [0.15, 0.2) is 0 Å². The molecule has 0 radical (unpaired) electrons. The minimum Gasteiger partial charge on any atom is -0.306 e. The van der Waals surface area contributed by atoms with E-state index < -0.39 is 15.0 Å². The predicted octanol–water partition coefficient (Wildman–Crippen LogP) is 0.283. The molecule has 0 rings (SSSR count). The molecule has 0 aromatic carbocycles. The van der Waals surface area contributed by atoms with Gasteiger partial charge in [0, 0.05) is 12.3 Å². The zero-order valence-corrected chi connectivity index (χ0v) is 8.14. The molecule has 0 aliphatic rings. The third-order valence-corrected chi connectivity index (χ3v) is 2.19. The van der Waals surface area contributed by atoms with Gasteiger partial charge < -0.3 is 4.90 Å². The average Bonchev–Trinajstić information content (AvgIpc) is 1.86. The van der Waals surface area contributed by atoms with Crippen molar-refractivity contribution in [3.05, 3.63) is 0 Å². The molecule has 12 heavy (non-hydrogen) atoms. The Morgan fingerprint density at radius 1 is 1.50 bits per heavy atom. The summed E-state index contributed by atoms with van der Waals surface area (Å²) in [5, 5.41) is 13.6. The van der Waals surface area contributed by atoms with E-state index in [9.17, 15) is 8.42 Å². The minimum atomic E-state index is -3.50. The monoisotopic (exact) mass is 191 g/mol. The van der Waals surface area contributed by atoms with Crippen LogP contribution in [0.1, 0.15) is 13.8 Å². The highest BCUT2D eigenvalue weighted by Gasteiger charge is 2.19. The molecular weight excluding hydrogens is 178 g/mol. The van der Waals surface area contributed by atoms with Crippen molar-refractivity contribution in [1.82, 2.24) is 4.90 Å². The van der Waals surface area contributed by atoms with Crippen molar-refractivity contribution in [3.63, 3.8) is 0 Å². The molecule has 5 nitrogen and oxygen atoms in total. The van der Waals surface area contributed by atoms with Crippen LogP contribution < -0.4 is 0 Å². The molecule has 0 saturated carbocycles. The summed E-state index contributed by atoms with van der Waals surface area (Å²) in [5.74, 6) is 0. The van der Waals surface area contributed by atoms with E-state index in [1.807, 2.05) is 0 Å². The third-order valence-electron chi connectivity index (χ3n) is 1.28. The van der Waals surface area contributed by atoms with E-state index in [2.05, 4.69) is 0 Å². The number of nitrogens with one attached hydrogen (secondary N) is 2. The molecule has 0 unspecified atom stereocenters. The Morgan fingerprint density at radius 3 is 2.00 bits per heavy atom. The molecule has 0 spiro atoms. The highest BCUT2D eigenvalue weighted by Crippen LogP contribution is 2.00. The standard InChI is InChI=1S/C6H13N3O2S/c1-5(2)9(4-7)6(8)12(3,10)11/h4-5,7-8H,1-3H3. The molecule has 0 heterocycles. The van der Waals surface area contributed by atoms with Crippen molar-refractivity contribution in [2.45, 2.75) is 19.9 Å². The molecular formula is C6H13N3O2S. The van der Waals surface area contributed by atoms with E-state index in [1.54, 1.807) is 13.8 Å². The molecule has 0 aromatic heterocycles. The lowest BCUT2D eigenvalue weighted by Gasteiger charge is -2.21. The second-order valence-corrected chi connectivity index (χ2v) is 4.64. The maximum atomic E-state index is 10.9. The number of nitrogens with zero attached hydrogens (tertiary/aromatic N) is 1. The smallest absolute Gasteiger partial charge is 0.221 e. The van der Waals surface area contributed by atoms with Crippen LogP contribution in [0.5, 0.6) is 0 Å². The maximum absolute atomic E-state index is 10.9. The van der Waals surface area contributed by atoms with Gasteiger partial charge in [-0.2, -0.15) is 0 Å². The van der Waals surface area contributed by atoms with E-state index in [0.29, 0.717) is 0 Å². The van der Waals surface area contributed by atoms with Crippen molar-refractivity contribution < 1.29 is 8.42 Å². The molecule has 0 atom stereocenters. The normalized spacial score (nSPS) is 11.3. The molecule has 0 aliphatic heterocycles. The van der Waals surface area contributed by atoms with Crippen LogP contribution in [-0.2, 0) is 9.84 Å². The Balaban J connectivity index is 4.79. The zero-order valence-electron chi connectivity index (χ0n) is 7.33. The molecule has 2 N–H and O–H groups in total. The Kier molecular flexibility index (Phi) is 3.38.